The summed E-state index contributed by atoms with van der Waals surface area (Å²) in [5.74, 6) is 0.781. The van der Waals surface area contributed by atoms with Crippen LogP contribution in [-0.4, -0.2) is 17.9 Å². The molecule has 0 spiro atoms. The first-order valence-corrected chi connectivity index (χ1v) is 7.74. The van der Waals surface area contributed by atoms with Gasteiger partial charge >= 0.3 is 0 Å². The number of anilines is 1. The number of ether oxygens (including phenoxy) is 1. The van der Waals surface area contributed by atoms with E-state index in [4.69, 9.17) is 17.0 Å². The van der Waals surface area contributed by atoms with Crippen LogP contribution in [0.15, 0.2) is 47.6 Å². The Bertz CT molecular complexity index is 741. The van der Waals surface area contributed by atoms with Gasteiger partial charge in [-0.05, 0) is 62.3 Å². The van der Waals surface area contributed by atoms with E-state index < -0.39 is 0 Å². The summed E-state index contributed by atoms with van der Waals surface area (Å²) in [4.78, 5) is 0. The van der Waals surface area contributed by atoms with Gasteiger partial charge in [0.05, 0.1) is 12.8 Å². The van der Waals surface area contributed by atoms with Gasteiger partial charge in [0.1, 0.15) is 5.75 Å². The maximum atomic E-state index is 5.34. The van der Waals surface area contributed by atoms with Crippen molar-refractivity contribution in [2.75, 3.05) is 12.4 Å². The van der Waals surface area contributed by atoms with Gasteiger partial charge in [-0.3, -0.25) is 5.43 Å². The van der Waals surface area contributed by atoms with Crippen LogP contribution in [0, 0.1) is 13.8 Å². The van der Waals surface area contributed by atoms with Crippen LogP contribution in [0.5, 0.6) is 5.75 Å². The molecule has 0 fully saturated rings. The van der Waals surface area contributed by atoms with E-state index in [1.54, 1.807) is 7.11 Å². The van der Waals surface area contributed by atoms with Gasteiger partial charge in [-0.25, -0.2) is 0 Å². The van der Waals surface area contributed by atoms with Gasteiger partial charge in [0, 0.05) is 11.3 Å². The molecule has 0 aliphatic rings. The third-order valence-electron chi connectivity index (χ3n) is 3.67. The molecule has 0 saturated carbocycles. The number of aryl methyl sites for hydroxylation is 1. The summed E-state index contributed by atoms with van der Waals surface area (Å²) < 4.78 is 5.34. The van der Waals surface area contributed by atoms with Crippen molar-refractivity contribution in [1.29, 1.82) is 0 Å². The molecule has 0 aliphatic heterocycles. The molecular formula is C18H21N3OS. The smallest absolute Gasteiger partial charge is 0.191 e. The van der Waals surface area contributed by atoms with Crippen molar-refractivity contribution < 1.29 is 4.74 Å². The second-order valence-electron chi connectivity index (χ2n) is 5.21. The van der Waals surface area contributed by atoms with Crippen molar-refractivity contribution in [2.45, 2.75) is 20.8 Å². The molecule has 0 radical (unpaired) electrons. The highest BCUT2D eigenvalue weighted by Crippen LogP contribution is 2.19. The molecule has 0 aliphatic carbocycles. The van der Waals surface area contributed by atoms with Gasteiger partial charge in [-0.15, -0.1) is 0 Å². The third kappa shape index (κ3) is 4.29. The van der Waals surface area contributed by atoms with Crippen molar-refractivity contribution in [3.8, 4) is 5.75 Å². The number of para-hydroxylation sites is 1. The van der Waals surface area contributed by atoms with Gasteiger partial charge in [0.2, 0.25) is 0 Å². The summed E-state index contributed by atoms with van der Waals surface area (Å²) in [6.07, 6.45) is 0. The summed E-state index contributed by atoms with van der Waals surface area (Å²) in [6, 6.07) is 13.8. The fourth-order valence-corrected chi connectivity index (χ4v) is 2.33. The van der Waals surface area contributed by atoms with E-state index in [1.807, 2.05) is 43.3 Å². The Kier molecular flexibility index (Phi) is 5.71. The zero-order valence-corrected chi connectivity index (χ0v) is 14.6. The Morgan fingerprint density at radius 3 is 2.57 bits per heavy atom. The highest BCUT2D eigenvalue weighted by molar-refractivity contribution is 7.80. The van der Waals surface area contributed by atoms with E-state index in [1.165, 1.54) is 11.1 Å². The van der Waals surface area contributed by atoms with Crippen molar-refractivity contribution in [1.82, 2.24) is 5.43 Å². The van der Waals surface area contributed by atoms with Crippen LogP contribution in [-0.2, 0) is 0 Å². The van der Waals surface area contributed by atoms with Crippen LogP contribution in [0.4, 0.5) is 5.69 Å². The molecule has 2 aromatic rings. The molecule has 0 bridgehead atoms. The summed E-state index contributed by atoms with van der Waals surface area (Å²) >= 11 is 5.31. The predicted molar refractivity (Wildman–Crippen MR) is 100 cm³/mol. The number of nitrogens with zero attached hydrogens (tertiary/aromatic N) is 1. The molecule has 2 aromatic carbocycles. The molecule has 0 amide bonds. The quantitative estimate of drug-likeness (QED) is 0.506. The topological polar surface area (TPSA) is 45.6 Å². The molecule has 23 heavy (non-hydrogen) atoms. The minimum absolute atomic E-state index is 0.452. The molecule has 0 saturated heterocycles. The van der Waals surface area contributed by atoms with E-state index in [9.17, 15) is 0 Å². The van der Waals surface area contributed by atoms with Crippen molar-refractivity contribution in [3.63, 3.8) is 0 Å². The second kappa shape index (κ2) is 7.74. The lowest BCUT2D eigenvalue weighted by atomic mass is 10.1. The number of benzene rings is 2. The minimum Gasteiger partial charge on any atom is -0.496 e. The summed E-state index contributed by atoms with van der Waals surface area (Å²) in [6.45, 7) is 6.04. The SMILES string of the molecule is COc1ccccc1/C(C)=N/NC(=S)Nc1cccc(C)c1C. The van der Waals surface area contributed by atoms with E-state index in [0.29, 0.717) is 5.11 Å². The van der Waals surface area contributed by atoms with E-state index in [-0.39, 0.29) is 0 Å². The van der Waals surface area contributed by atoms with Crippen LogP contribution < -0.4 is 15.5 Å². The summed E-state index contributed by atoms with van der Waals surface area (Å²) in [7, 11) is 1.65. The average Bonchev–Trinajstić information content (AvgIpc) is 2.56. The number of thiocarbonyl (C=S) groups is 1. The molecule has 5 heteroatoms. The highest BCUT2D eigenvalue weighted by atomic mass is 32.1. The monoisotopic (exact) mass is 327 g/mol. The largest absolute Gasteiger partial charge is 0.496 e. The van der Waals surface area contributed by atoms with E-state index in [2.05, 4.69) is 35.8 Å². The summed E-state index contributed by atoms with van der Waals surface area (Å²) in [5, 5.41) is 7.95. The van der Waals surface area contributed by atoms with Crippen LogP contribution in [0.3, 0.4) is 0 Å². The lowest BCUT2D eigenvalue weighted by Gasteiger charge is -2.12. The second-order valence-corrected chi connectivity index (χ2v) is 5.62. The first-order chi connectivity index (χ1) is 11.0. The summed E-state index contributed by atoms with van der Waals surface area (Å²) in [5.41, 5.74) is 7.97. The normalized spacial score (nSPS) is 11.0. The Morgan fingerprint density at radius 2 is 1.83 bits per heavy atom. The number of rotatable bonds is 4. The predicted octanol–water partition coefficient (Wildman–Crippen LogP) is 4.02. The zero-order chi connectivity index (χ0) is 16.8. The lowest BCUT2D eigenvalue weighted by molar-refractivity contribution is 0.414. The van der Waals surface area contributed by atoms with Crippen molar-refractivity contribution >= 4 is 28.7 Å². The van der Waals surface area contributed by atoms with Gasteiger partial charge in [-0.2, -0.15) is 5.10 Å². The number of nitrogens with one attached hydrogen (secondary N) is 2. The fourth-order valence-electron chi connectivity index (χ4n) is 2.18. The van der Waals surface area contributed by atoms with Gasteiger partial charge in [0.25, 0.3) is 0 Å². The number of hydrazone groups is 1. The molecule has 0 heterocycles. The fraction of sp³-hybridized carbons (Fsp3) is 0.222. The van der Waals surface area contributed by atoms with E-state index >= 15 is 0 Å². The minimum atomic E-state index is 0.452. The molecule has 2 rings (SSSR count). The Balaban J connectivity index is 2.07. The lowest BCUT2D eigenvalue weighted by Crippen LogP contribution is -2.25. The van der Waals surface area contributed by atoms with Crippen LogP contribution in [0.2, 0.25) is 0 Å². The first kappa shape index (κ1) is 17.0. The van der Waals surface area contributed by atoms with Crippen LogP contribution >= 0.6 is 12.2 Å². The average molecular weight is 327 g/mol. The molecule has 0 atom stereocenters. The maximum absolute atomic E-state index is 5.34. The zero-order valence-electron chi connectivity index (χ0n) is 13.8. The van der Waals surface area contributed by atoms with Crippen molar-refractivity contribution in [3.05, 3.63) is 59.2 Å². The Labute approximate surface area is 142 Å². The maximum Gasteiger partial charge on any atom is 0.191 e. The van der Waals surface area contributed by atoms with E-state index in [0.717, 1.165) is 22.7 Å². The van der Waals surface area contributed by atoms with Gasteiger partial charge in [0.15, 0.2) is 5.11 Å². The van der Waals surface area contributed by atoms with Crippen molar-refractivity contribution in [2.24, 2.45) is 5.10 Å². The third-order valence-corrected chi connectivity index (χ3v) is 3.87. The van der Waals surface area contributed by atoms with Gasteiger partial charge < -0.3 is 10.1 Å². The standard InChI is InChI=1S/C18H21N3OS/c1-12-8-7-10-16(13(12)2)19-18(23)21-20-14(3)15-9-5-6-11-17(15)22-4/h5-11H,1-4H3,(H2,19,21,23)/b20-14+. The number of hydrogen-bond acceptors (Lipinski definition) is 3. The number of methoxy groups -OCH3 is 1. The molecule has 2 N–H and O–H groups in total. The molecule has 4 nitrogen and oxygen atoms in total. The number of hydrogen-bond donors (Lipinski definition) is 2. The van der Waals surface area contributed by atoms with Gasteiger partial charge in [-0.1, -0.05) is 24.3 Å². The molecule has 120 valence electrons. The molecule has 0 unspecified atom stereocenters. The Morgan fingerprint density at radius 1 is 1.09 bits per heavy atom. The first-order valence-electron chi connectivity index (χ1n) is 7.34. The Hall–Kier alpha value is -2.40. The molecule has 0 aromatic heterocycles. The highest BCUT2D eigenvalue weighted by Gasteiger charge is 2.06. The molecular weight excluding hydrogens is 306 g/mol. The van der Waals surface area contributed by atoms with Crippen LogP contribution in [0.1, 0.15) is 23.6 Å². The van der Waals surface area contributed by atoms with Crippen LogP contribution in [0.25, 0.3) is 0 Å².